The Morgan fingerprint density at radius 1 is 1.65 bits per heavy atom. The number of methoxy groups -OCH3 is 1. The van der Waals surface area contributed by atoms with E-state index in [4.69, 9.17) is 9.47 Å². The van der Waals surface area contributed by atoms with E-state index in [-0.39, 0.29) is 6.10 Å². The van der Waals surface area contributed by atoms with Crippen molar-refractivity contribution < 1.29 is 9.47 Å². The highest BCUT2D eigenvalue weighted by molar-refractivity contribution is 5.33. The van der Waals surface area contributed by atoms with E-state index in [2.05, 4.69) is 21.4 Å². The minimum absolute atomic E-state index is 0.239. The van der Waals surface area contributed by atoms with Crippen molar-refractivity contribution >= 4 is 5.95 Å². The van der Waals surface area contributed by atoms with Crippen LogP contribution >= 0.6 is 0 Å². The van der Waals surface area contributed by atoms with Crippen molar-refractivity contribution in [2.24, 2.45) is 0 Å². The number of rotatable bonds is 5. The first kappa shape index (κ1) is 11.9. The third-order valence-electron chi connectivity index (χ3n) is 2.70. The molecule has 2 heterocycles. The zero-order valence-corrected chi connectivity index (χ0v) is 10.0. The Labute approximate surface area is 101 Å². The summed E-state index contributed by atoms with van der Waals surface area (Å²) in [6, 6.07) is 1.74. The maximum absolute atomic E-state index is 5.61. The average molecular weight is 235 g/mol. The summed E-state index contributed by atoms with van der Waals surface area (Å²) in [5, 5.41) is 0. The molecule has 0 N–H and O–H groups in total. The van der Waals surface area contributed by atoms with Gasteiger partial charge in [0, 0.05) is 25.4 Å². The fraction of sp³-hybridized carbons (Fsp3) is 0.500. The summed E-state index contributed by atoms with van der Waals surface area (Å²) < 4.78 is 10.7. The van der Waals surface area contributed by atoms with Crippen molar-refractivity contribution in [3.63, 3.8) is 0 Å². The standard InChI is InChI=1S/C12H17N3O2/c1-3-8-17-10-5-7-15(9-10)12-13-6-4-11(14-12)16-2/h3-4,6,10H,1,5,7-9H2,2H3. The fourth-order valence-corrected chi connectivity index (χ4v) is 1.85. The monoisotopic (exact) mass is 235 g/mol. The zero-order chi connectivity index (χ0) is 12.1. The van der Waals surface area contributed by atoms with Gasteiger partial charge in [-0.3, -0.25) is 0 Å². The highest BCUT2D eigenvalue weighted by atomic mass is 16.5. The van der Waals surface area contributed by atoms with E-state index < -0.39 is 0 Å². The third kappa shape index (κ3) is 2.94. The number of nitrogens with zero attached hydrogens (tertiary/aromatic N) is 3. The molecule has 1 atom stereocenters. The quantitative estimate of drug-likeness (QED) is 0.719. The Kier molecular flexibility index (Phi) is 3.93. The highest BCUT2D eigenvalue weighted by Gasteiger charge is 2.24. The Balaban J connectivity index is 1.97. The van der Waals surface area contributed by atoms with Gasteiger partial charge in [-0.25, -0.2) is 4.98 Å². The smallest absolute Gasteiger partial charge is 0.228 e. The van der Waals surface area contributed by atoms with Crippen LogP contribution in [0, 0.1) is 0 Å². The van der Waals surface area contributed by atoms with Gasteiger partial charge in [-0.2, -0.15) is 4.98 Å². The number of ether oxygens (including phenoxy) is 2. The maximum atomic E-state index is 5.61. The topological polar surface area (TPSA) is 47.5 Å². The number of anilines is 1. The van der Waals surface area contributed by atoms with Crippen LogP contribution in [-0.4, -0.2) is 42.9 Å². The molecular formula is C12H17N3O2. The molecule has 1 aromatic rings. The van der Waals surface area contributed by atoms with E-state index in [1.165, 1.54) is 0 Å². The molecule has 0 bridgehead atoms. The van der Waals surface area contributed by atoms with Gasteiger partial charge in [-0.1, -0.05) is 6.08 Å². The van der Waals surface area contributed by atoms with Crippen molar-refractivity contribution in [2.45, 2.75) is 12.5 Å². The van der Waals surface area contributed by atoms with Crippen LogP contribution in [0.3, 0.4) is 0 Å². The van der Waals surface area contributed by atoms with E-state index in [1.54, 1.807) is 25.4 Å². The Hall–Kier alpha value is -1.62. The number of hydrogen-bond acceptors (Lipinski definition) is 5. The van der Waals surface area contributed by atoms with E-state index in [9.17, 15) is 0 Å². The van der Waals surface area contributed by atoms with Crippen molar-refractivity contribution in [2.75, 3.05) is 31.7 Å². The molecule has 5 heteroatoms. The van der Waals surface area contributed by atoms with Crippen LogP contribution in [0.15, 0.2) is 24.9 Å². The predicted octanol–water partition coefficient (Wildman–Crippen LogP) is 1.27. The first-order chi connectivity index (χ1) is 8.33. The van der Waals surface area contributed by atoms with Gasteiger partial charge >= 0.3 is 0 Å². The van der Waals surface area contributed by atoms with Crippen molar-refractivity contribution in [3.05, 3.63) is 24.9 Å². The molecule has 5 nitrogen and oxygen atoms in total. The van der Waals surface area contributed by atoms with Crippen LogP contribution in [0.4, 0.5) is 5.95 Å². The number of aromatic nitrogens is 2. The molecule has 0 spiro atoms. The molecule has 0 saturated carbocycles. The Bertz CT molecular complexity index is 384. The fourth-order valence-electron chi connectivity index (χ4n) is 1.85. The summed E-state index contributed by atoms with van der Waals surface area (Å²) in [4.78, 5) is 10.7. The van der Waals surface area contributed by atoms with Gasteiger partial charge in [0.2, 0.25) is 11.8 Å². The SMILES string of the molecule is C=CCOC1CCN(c2nccc(OC)n2)C1. The molecule has 0 aliphatic carbocycles. The van der Waals surface area contributed by atoms with E-state index in [0.29, 0.717) is 18.4 Å². The second-order valence-electron chi connectivity index (χ2n) is 3.88. The predicted molar refractivity (Wildman–Crippen MR) is 65.4 cm³/mol. The second kappa shape index (κ2) is 5.63. The highest BCUT2D eigenvalue weighted by Crippen LogP contribution is 2.19. The van der Waals surface area contributed by atoms with Crippen molar-refractivity contribution in [1.82, 2.24) is 9.97 Å². The molecule has 0 amide bonds. The summed E-state index contributed by atoms with van der Waals surface area (Å²) in [6.45, 7) is 5.97. The lowest BCUT2D eigenvalue weighted by Crippen LogP contribution is -2.24. The lowest BCUT2D eigenvalue weighted by molar-refractivity contribution is 0.0908. The molecule has 1 aliphatic rings. The Morgan fingerprint density at radius 2 is 2.53 bits per heavy atom. The van der Waals surface area contributed by atoms with Gasteiger partial charge in [-0.15, -0.1) is 6.58 Å². The largest absolute Gasteiger partial charge is 0.481 e. The van der Waals surface area contributed by atoms with Crippen LogP contribution in [-0.2, 0) is 4.74 Å². The molecular weight excluding hydrogens is 218 g/mol. The van der Waals surface area contributed by atoms with Crippen LogP contribution in [0.5, 0.6) is 5.88 Å². The molecule has 0 aromatic carbocycles. The van der Waals surface area contributed by atoms with Crippen molar-refractivity contribution in [1.29, 1.82) is 0 Å². The molecule has 1 fully saturated rings. The molecule has 1 saturated heterocycles. The van der Waals surface area contributed by atoms with Gasteiger partial charge in [-0.05, 0) is 6.42 Å². The summed E-state index contributed by atoms with van der Waals surface area (Å²) >= 11 is 0. The lowest BCUT2D eigenvalue weighted by Gasteiger charge is -2.16. The Morgan fingerprint density at radius 3 is 3.29 bits per heavy atom. The molecule has 17 heavy (non-hydrogen) atoms. The van der Waals surface area contributed by atoms with Gasteiger partial charge < -0.3 is 14.4 Å². The molecule has 1 aromatic heterocycles. The van der Waals surface area contributed by atoms with Crippen LogP contribution in [0.2, 0.25) is 0 Å². The summed E-state index contributed by atoms with van der Waals surface area (Å²) in [5.74, 6) is 1.29. The zero-order valence-electron chi connectivity index (χ0n) is 10.0. The van der Waals surface area contributed by atoms with E-state index >= 15 is 0 Å². The molecule has 1 aliphatic heterocycles. The van der Waals surface area contributed by atoms with Gasteiger partial charge in [0.25, 0.3) is 0 Å². The van der Waals surface area contributed by atoms with Gasteiger partial charge in [0.15, 0.2) is 0 Å². The van der Waals surface area contributed by atoms with Crippen LogP contribution < -0.4 is 9.64 Å². The van der Waals surface area contributed by atoms with Gasteiger partial charge in [0.1, 0.15) is 0 Å². The van der Waals surface area contributed by atoms with Crippen LogP contribution in [0.25, 0.3) is 0 Å². The maximum Gasteiger partial charge on any atom is 0.228 e. The molecule has 1 unspecified atom stereocenters. The summed E-state index contributed by atoms with van der Waals surface area (Å²) in [5.41, 5.74) is 0. The molecule has 92 valence electrons. The van der Waals surface area contributed by atoms with Crippen molar-refractivity contribution in [3.8, 4) is 5.88 Å². The second-order valence-corrected chi connectivity index (χ2v) is 3.88. The first-order valence-corrected chi connectivity index (χ1v) is 5.68. The molecule has 0 radical (unpaired) electrons. The summed E-state index contributed by atoms with van der Waals surface area (Å²) in [6.07, 6.45) is 4.71. The average Bonchev–Trinajstić information content (AvgIpc) is 2.85. The lowest BCUT2D eigenvalue weighted by atomic mass is 10.3. The van der Waals surface area contributed by atoms with E-state index in [1.807, 2.05) is 0 Å². The minimum atomic E-state index is 0.239. The summed E-state index contributed by atoms with van der Waals surface area (Å²) in [7, 11) is 1.60. The van der Waals surface area contributed by atoms with Gasteiger partial charge in [0.05, 0.1) is 19.8 Å². The molecule has 2 rings (SSSR count). The first-order valence-electron chi connectivity index (χ1n) is 5.68. The normalized spacial score (nSPS) is 19.4. The van der Waals surface area contributed by atoms with Crippen LogP contribution in [0.1, 0.15) is 6.42 Å². The minimum Gasteiger partial charge on any atom is -0.481 e. The van der Waals surface area contributed by atoms with E-state index in [0.717, 1.165) is 19.5 Å². The third-order valence-corrected chi connectivity index (χ3v) is 2.70. The number of hydrogen-bond donors (Lipinski definition) is 0.